The topological polar surface area (TPSA) is 38.9 Å². The fourth-order valence-electron chi connectivity index (χ4n) is 6.30. The molecule has 0 amide bonds. The highest BCUT2D eigenvalue weighted by Gasteiger charge is 2.17. The summed E-state index contributed by atoms with van der Waals surface area (Å²) in [5.74, 6) is 0. The summed E-state index contributed by atoms with van der Waals surface area (Å²) in [4.78, 5) is 9.19. The number of furan rings is 1. The van der Waals surface area contributed by atoms with Crippen LogP contribution in [0, 0.1) is 0 Å². The molecule has 0 aliphatic rings. The third kappa shape index (κ3) is 4.80. The number of aromatic nitrogens is 2. The van der Waals surface area contributed by atoms with Gasteiger partial charge in [-0.1, -0.05) is 133 Å². The summed E-state index contributed by atoms with van der Waals surface area (Å²) >= 11 is 1.74. The molecule has 0 spiro atoms. The maximum absolute atomic E-state index is 9.14. The third-order valence-corrected chi connectivity index (χ3v) is 9.86. The van der Waals surface area contributed by atoms with Crippen molar-refractivity contribution >= 4 is 53.6 Å². The van der Waals surface area contributed by atoms with E-state index in [1.54, 1.807) is 29.5 Å². The number of hydrogen-bond donors (Lipinski definition) is 0. The minimum atomic E-state index is -0.789. The van der Waals surface area contributed by atoms with Gasteiger partial charge in [-0.3, -0.25) is 0 Å². The molecular formula is C46H28N2OS. The monoisotopic (exact) mass is 669 g/mol. The van der Waals surface area contributed by atoms with Crippen LogP contribution in [0.15, 0.2) is 174 Å². The zero-order valence-corrected chi connectivity index (χ0v) is 26.7. The number of fused-ring (bicyclic) bond motifs is 6. The van der Waals surface area contributed by atoms with Crippen LogP contribution < -0.4 is 0 Å². The summed E-state index contributed by atoms with van der Waals surface area (Å²) in [6, 6.07) is 18.5. The SMILES string of the molecule is [2H]c1c([2H])c([2H])c(-c2c([2H])c([2H])c([2H])c(-c3c([2H])c([2H])c(-c4ccc5oc6c(-c7cccc(-c8cccc9c8sc8ccccc89)c7)ncnc6c5c4)c([2H])c3[2H])c2[2H])c([2H])c1[2H]. The Morgan fingerprint density at radius 1 is 0.520 bits per heavy atom. The lowest BCUT2D eigenvalue weighted by molar-refractivity contribution is 0.667. The van der Waals surface area contributed by atoms with Gasteiger partial charge in [0.25, 0.3) is 0 Å². The molecule has 0 atom stereocenters. The van der Waals surface area contributed by atoms with Crippen molar-refractivity contribution in [2.45, 2.75) is 0 Å². The van der Waals surface area contributed by atoms with Gasteiger partial charge in [-0.25, -0.2) is 9.97 Å². The molecule has 0 saturated carbocycles. The van der Waals surface area contributed by atoms with Gasteiger partial charge in [0.2, 0.25) is 0 Å². The molecule has 10 rings (SSSR count). The van der Waals surface area contributed by atoms with Crippen LogP contribution >= 0.6 is 11.3 Å². The standard InChI is InChI=1S/C46H28N2OS/c1-2-9-29(10-3-1)32-11-6-12-33(25-32)30-19-21-31(22-20-30)34-23-24-41-40(27-34)44-45(49-41)43(47-28-48-44)36-14-7-13-35(26-36)37-16-8-17-39-38-15-4-5-18-42(38)50-46(37)39/h1-28H/i1D,2D,3D,6D,9D,10D,11D,12D,19D,20D,21D,22D,25D. The van der Waals surface area contributed by atoms with Crippen LogP contribution in [0.5, 0.6) is 0 Å². The van der Waals surface area contributed by atoms with Gasteiger partial charge in [-0.05, 0) is 74.8 Å². The summed E-state index contributed by atoms with van der Waals surface area (Å²) in [6.45, 7) is 0. The number of benzene rings is 7. The molecule has 7 aromatic carbocycles. The zero-order chi connectivity index (χ0) is 44.3. The van der Waals surface area contributed by atoms with Crippen LogP contribution in [0.1, 0.15) is 17.8 Å². The van der Waals surface area contributed by atoms with Crippen molar-refractivity contribution in [3.63, 3.8) is 0 Å². The fourth-order valence-corrected chi connectivity index (χ4v) is 7.53. The Kier molecular flexibility index (Phi) is 4.29. The van der Waals surface area contributed by atoms with Crippen molar-refractivity contribution in [2.75, 3.05) is 0 Å². The Hall–Kier alpha value is -6.36. The van der Waals surface area contributed by atoms with Crippen LogP contribution in [0.3, 0.4) is 0 Å². The number of rotatable bonds is 5. The summed E-state index contributed by atoms with van der Waals surface area (Å²) in [5, 5.41) is 2.91. The lowest BCUT2D eigenvalue weighted by Crippen LogP contribution is -1.88. The Bertz CT molecular complexity index is 3580. The molecule has 0 bridgehead atoms. The molecule has 234 valence electrons. The highest BCUT2D eigenvalue weighted by atomic mass is 32.1. The van der Waals surface area contributed by atoms with Gasteiger partial charge in [0.1, 0.15) is 23.1 Å². The Morgan fingerprint density at radius 3 is 2.10 bits per heavy atom. The lowest BCUT2D eigenvalue weighted by atomic mass is 9.97. The molecule has 10 aromatic rings. The maximum Gasteiger partial charge on any atom is 0.180 e. The zero-order valence-electron chi connectivity index (χ0n) is 38.9. The van der Waals surface area contributed by atoms with E-state index in [4.69, 9.17) is 22.2 Å². The predicted molar refractivity (Wildman–Crippen MR) is 209 cm³/mol. The molecule has 3 aromatic heterocycles. The van der Waals surface area contributed by atoms with E-state index in [1.807, 2.05) is 24.3 Å². The quantitative estimate of drug-likeness (QED) is 0.183. The molecule has 0 fully saturated rings. The molecule has 50 heavy (non-hydrogen) atoms. The highest BCUT2D eigenvalue weighted by Crippen LogP contribution is 2.41. The second kappa shape index (κ2) is 11.7. The number of thiophene rings is 1. The van der Waals surface area contributed by atoms with Crippen molar-refractivity contribution in [3.05, 3.63) is 170 Å². The van der Waals surface area contributed by atoms with Crippen LogP contribution in [0.2, 0.25) is 0 Å². The summed E-state index contributed by atoms with van der Waals surface area (Å²) < 4.78 is 122. The normalized spacial score (nSPS) is 15.2. The molecular weight excluding hydrogens is 629 g/mol. The molecule has 0 N–H and O–H groups in total. The van der Waals surface area contributed by atoms with Gasteiger partial charge < -0.3 is 4.42 Å². The molecule has 4 heteroatoms. The molecule has 3 nitrogen and oxygen atoms in total. The van der Waals surface area contributed by atoms with E-state index in [1.165, 1.54) is 26.5 Å². The number of nitrogens with zero attached hydrogens (tertiary/aromatic N) is 2. The minimum absolute atomic E-state index is 0.102. The third-order valence-electron chi connectivity index (χ3n) is 8.64. The fraction of sp³-hybridized carbons (Fsp3) is 0. The first kappa shape index (κ1) is 18.4. The summed E-state index contributed by atoms with van der Waals surface area (Å²) in [7, 11) is 0. The summed E-state index contributed by atoms with van der Waals surface area (Å²) in [5.41, 5.74) is 2.72. The van der Waals surface area contributed by atoms with E-state index in [-0.39, 0.29) is 11.1 Å². The first-order valence-corrected chi connectivity index (χ1v) is 16.5. The van der Waals surface area contributed by atoms with Gasteiger partial charge in [0.05, 0.1) is 17.8 Å². The van der Waals surface area contributed by atoms with Crippen molar-refractivity contribution in [1.82, 2.24) is 9.97 Å². The molecule has 3 heterocycles. The van der Waals surface area contributed by atoms with Gasteiger partial charge in [0, 0.05) is 31.1 Å². The van der Waals surface area contributed by atoms with Gasteiger partial charge in [-0.2, -0.15) is 0 Å². The molecule has 0 aliphatic heterocycles. The van der Waals surface area contributed by atoms with Crippen LogP contribution in [0.25, 0.3) is 98.0 Å². The van der Waals surface area contributed by atoms with E-state index < -0.39 is 101 Å². The molecule has 0 radical (unpaired) electrons. The van der Waals surface area contributed by atoms with Crippen LogP contribution in [-0.4, -0.2) is 9.97 Å². The molecule has 0 unspecified atom stereocenters. The number of hydrogen-bond acceptors (Lipinski definition) is 4. The Morgan fingerprint density at radius 2 is 1.24 bits per heavy atom. The first-order chi connectivity index (χ1) is 30.2. The first-order valence-electron chi connectivity index (χ1n) is 22.2. The van der Waals surface area contributed by atoms with E-state index in [9.17, 15) is 0 Å². The smallest absolute Gasteiger partial charge is 0.180 e. The Balaban J connectivity index is 1.09. The largest absolute Gasteiger partial charge is 0.452 e. The van der Waals surface area contributed by atoms with Gasteiger partial charge >= 0.3 is 0 Å². The van der Waals surface area contributed by atoms with E-state index in [0.717, 1.165) is 16.7 Å². The van der Waals surface area contributed by atoms with E-state index in [0.29, 0.717) is 27.8 Å². The average Bonchev–Trinajstić information content (AvgIpc) is 3.87. The van der Waals surface area contributed by atoms with Crippen molar-refractivity contribution in [2.24, 2.45) is 0 Å². The van der Waals surface area contributed by atoms with E-state index >= 15 is 0 Å². The minimum Gasteiger partial charge on any atom is -0.452 e. The molecule has 0 aliphatic carbocycles. The van der Waals surface area contributed by atoms with Crippen molar-refractivity contribution in [3.8, 4) is 55.8 Å². The second-order valence-corrected chi connectivity index (χ2v) is 12.6. The predicted octanol–water partition coefficient (Wildman–Crippen LogP) is 13.1. The second-order valence-electron chi connectivity index (χ2n) is 11.6. The highest BCUT2D eigenvalue weighted by molar-refractivity contribution is 7.26. The van der Waals surface area contributed by atoms with E-state index in [2.05, 4.69) is 52.4 Å². The molecule has 0 saturated heterocycles. The lowest BCUT2D eigenvalue weighted by Gasteiger charge is -2.08. The van der Waals surface area contributed by atoms with Gasteiger partial charge in [0.15, 0.2) is 5.58 Å². The van der Waals surface area contributed by atoms with Crippen molar-refractivity contribution < 1.29 is 22.2 Å². The van der Waals surface area contributed by atoms with Crippen LogP contribution in [0.4, 0.5) is 0 Å². The average molecular weight is 670 g/mol. The maximum atomic E-state index is 9.14. The Labute approximate surface area is 311 Å². The van der Waals surface area contributed by atoms with Crippen LogP contribution in [-0.2, 0) is 0 Å². The summed E-state index contributed by atoms with van der Waals surface area (Å²) in [6.07, 6.45) is 1.43. The van der Waals surface area contributed by atoms with Crippen molar-refractivity contribution in [1.29, 1.82) is 0 Å². The van der Waals surface area contributed by atoms with Gasteiger partial charge in [-0.15, -0.1) is 11.3 Å².